The number of carbonyl (C=O) groups is 1. The van der Waals surface area contributed by atoms with Gasteiger partial charge < -0.3 is 14.0 Å². The Balaban J connectivity index is 2.56. The summed E-state index contributed by atoms with van der Waals surface area (Å²) in [5.41, 5.74) is 1.16. The fourth-order valence-corrected chi connectivity index (χ4v) is 3.52. The normalized spacial score (nSPS) is 26.0. The molecule has 0 fully saturated rings. The van der Waals surface area contributed by atoms with E-state index >= 15 is 0 Å². The Labute approximate surface area is 144 Å². The molecule has 0 amide bonds. The van der Waals surface area contributed by atoms with Crippen LogP contribution in [0.15, 0.2) is 23.8 Å². The Morgan fingerprint density at radius 3 is 2.50 bits per heavy atom. The number of ether oxygens (including phenoxy) is 1. The van der Waals surface area contributed by atoms with Crippen LogP contribution in [0.3, 0.4) is 0 Å². The van der Waals surface area contributed by atoms with Gasteiger partial charge in [0.1, 0.15) is 6.29 Å². The SMILES string of the molecule is CCC1=CC(C=O)C(Br)(OCCO[Si](C)(C)C(C)(C)C)C=C1. The van der Waals surface area contributed by atoms with Crippen LogP contribution in [0.1, 0.15) is 34.1 Å². The Bertz CT molecular complexity index is 451. The van der Waals surface area contributed by atoms with Gasteiger partial charge in [0.25, 0.3) is 0 Å². The van der Waals surface area contributed by atoms with Crippen molar-refractivity contribution < 1.29 is 14.0 Å². The average Bonchev–Trinajstić information content (AvgIpc) is 2.43. The van der Waals surface area contributed by atoms with Crippen molar-refractivity contribution in [3.05, 3.63) is 23.8 Å². The molecule has 0 radical (unpaired) electrons. The minimum Gasteiger partial charge on any atom is -0.414 e. The fraction of sp³-hybridized carbons (Fsp3) is 0.706. The Morgan fingerprint density at radius 2 is 2.00 bits per heavy atom. The van der Waals surface area contributed by atoms with Gasteiger partial charge in [0.05, 0.1) is 19.1 Å². The minimum atomic E-state index is -1.75. The molecular weight excluding hydrogens is 360 g/mol. The van der Waals surface area contributed by atoms with Crippen LogP contribution in [0.2, 0.25) is 18.1 Å². The van der Waals surface area contributed by atoms with Crippen molar-refractivity contribution in [2.45, 2.75) is 56.8 Å². The van der Waals surface area contributed by atoms with Crippen molar-refractivity contribution >= 4 is 30.5 Å². The summed E-state index contributed by atoms with van der Waals surface area (Å²) in [6.07, 6.45) is 7.76. The molecule has 0 bridgehead atoms. The van der Waals surface area contributed by atoms with E-state index < -0.39 is 12.8 Å². The van der Waals surface area contributed by atoms with Crippen LogP contribution < -0.4 is 0 Å². The van der Waals surface area contributed by atoms with Crippen molar-refractivity contribution in [2.75, 3.05) is 13.2 Å². The van der Waals surface area contributed by atoms with Gasteiger partial charge in [-0.15, -0.1) is 0 Å². The van der Waals surface area contributed by atoms with Crippen molar-refractivity contribution in [3.8, 4) is 0 Å². The van der Waals surface area contributed by atoms with Crippen LogP contribution in [0, 0.1) is 5.92 Å². The quantitative estimate of drug-likeness (QED) is 0.271. The lowest BCUT2D eigenvalue weighted by Crippen LogP contribution is -2.42. The van der Waals surface area contributed by atoms with Crippen LogP contribution >= 0.6 is 15.9 Å². The summed E-state index contributed by atoms with van der Waals surface area (Å²) in [6.45, 7) is 14.2. The average molecular weight is 389 g/mol. The summed E-state index contributed by atoms with van der Waals surface area (Å²) in [5.74, 6) is -0.305. The molecule has 1 aliphatic rings. The maximum Gasteiger partial charge on any atom is 0.192 e. The number of allylic oxidation sites excluding steroid dienone is 2. The van der Waals surface area contributed by atoms with Gasteiger partial charge in [-0.1, -0.05) is 45.4 Å². The van der Waals surface area contributed by atoms with E-state index in [9.17, 15) is 4.79 Å². The second kappa shape index (κ2) is 7.56. The zero-order chi connectivity index (χ0) is 17.0. The summed E-state index contributed by atoms with van der Waals surface area (Å²) < 4.78 is 11.3. The summed E-state index contributed by atoms with van der Waals surface area (Å²) in [5, 5.41) is 0.188. The molecule has 0 spiro atoms. The van der Waals surface area contributed by atoms with Gasteiger partial charge in [0.2, 0.25) is 0 Å². The first-order valence-electron chi connectivity index (χ1n) is 7.88. The van der Waals surface area contributed by atoms with E-state index in [-0.39, 0.29) is 11.0 Å². The lowest BCUT2D eigenvalue weighted by atomic mass is 9.93. The third kappa shape index (κ3) is 4.88. The predicted molar refractivity (Wildman–Crippen MR) is 97.8 cm³/mol. The van der Waals surface area contributed by atoms with Crippen molar-refractivity contribution in [1.82, 2.24) is 0 Å². The highest BCUT2D eigenvalue weighted by atomic mass is 79.9. The van der Waals surface area contributed by atoms with E-state index in [1.165, 1.54) is 0 Å². The van der Waals surface area contributed by atoms with Gasteiger partial charge in [-0.25, -0.2) is 0 Å². The smallest absolute Gasteiger partial charge is 0.192 e. The Hall–Kier alpha value is -0.233. The van der Waals surface area contributed by atoms with Crippen LogP contribution in [0.4, 0.5) is 0 Å². The van der Waals surface area contributed by atoms with Crippen molar-refractivity contribution in [2.24, 2.45) is 5.92 Å². The van der Waals surface area contributed by atoms with E-state index in [1.807, 2.05) is 18.2 Å². The first kappa shape index (κ1) is 19.8. The molecule has 3 nitrogen and oxygen atoms in total. The van der Waals surface area contributed by atoms with Crippen molar-refractivity contribution in [3.63, 3.8) is 0 Å². The third-order valence-corrected chi connectivity index (χ3v) is 10.2. The minimum absolute atomic E-state index is 0.188. The molecule has 1 rings (SSSR count). The van der Waals surface area contributed by atoms with Crippen molar-refractivity contribution in [1.29, 1.82) is 0 Å². The first-order chi connectivity index (χ1) is 10.1. The molecule has 0 N–H and O–H groups in total. The molecule has 1 aliphatic carbocycles. The molecule has 0 aromatic rings. The number of hydrogen-bond donors (Lipinski definition) is 0. The van der Waals surface area contributed by atoms with Gasteiger partial charge >= 0.3 is 0 Å². The van der Waals surface area contributed by atoms with Gasteiger partial charge in [0.15, 0.2) is 12.8 Å². The number of carbonyl (C=O) groups excluding carboxylic acids is 1. The second-order valence-electron chi connectivity index (χ2n) is 7.25. The lowest BCUT2D eigenvalue weighted by Gasteiger charge is -2.37. The molecule has 0 saturated heterocycles. The number of alkyl halides is 1. The van der Waals surface area contributed by atoms with E-state index in [0.717, 1.165) is 18.3 Å². The molecule has 0 saturated carbocycles. The molecule has 0 aromatic heterocycles. The van der Waals surface area contributed by atoms with Crippen LogP contribution in [-0.2, 0) is 14.0 Å². The van der Waals surface area contributed by atoms with Crippen LogP contribution in [-0.4, -0.2) is 32.3 Å². The molecule has 5 heteroatoms. The van der Waals surface area contributed by atoms with Crippen LogP contribution in [0.5, 0.6) is 0 Å². The topological polar surface area (TPSA) is 35.5 Å². The highest BCUT2D eigenvalue weighted by molar-refractivity contribution is 9.10. The highest BCUT2D eigenvalue weighted by Gasteiger charge is 2.38. The molecule has 0 aliphatic heterocycles. The molecule has 2 atom stereocenters. The van der Waals surface area contributed by atoms with Gasteiger partial charge in [-0.3, -0.25) is 0 Å². The predicted octanol–water partition coefficient (Wildman–Crippen LogP) is 4.84. The monoisotopic (exact) mass is 388 g/mol. The van der Waals surface area contributed by atoms with E-state index in [1.54, 1.807) is 0 Å². The molecular formula is C17H29BrO3Si. The summed E-state index contributed by atoms with van der Waals surface area (Å²) in [7, 11) is -1.75. The van der Waals surface area contributed by atoms with Gasteiger partial charge in [-0.2, -0.15) is 0 Å². The largest absolute Gasteiger partial charge is 0.414 e. The number of halogens is 1. The maximum absolute atomic E-state index is 11.3. The lowest BCUT2D eigenvalue weighted by molar-refractivity contribution is -0.114. The third-order valence-electron chi connectivity index (χ3n) is 4.60. The zero-order valence-corrected chi connectivity index (χ0v) is 17.2. The molecule has 2 unspecified atom stereocenters. The molecule has 0 heterocycles. The summed E-state index contributed by atoms with van der Waals surface area (Å²) >= 11 is 3.57. The highest BCUT2D eigenvalue weighted by Crippen LogP contribution is 2.38. The van der Waals surface area contributed by atoms with E-state index in [2.05, 4.69) is 56.7 Å². The van der Waals surface area contributed by atoms with Crippen LogP contribution in [0.25, 0.3) is 0 Å². The number of rotatable bonds is 7. The van der Waals surface area contributed by atoms with E-state index in [0.29, 0.717) is 13.2 Å². The number of hydrogen-bond acceptors (Lipinski definition) is 3. The summed E-state index contributed by atoms with van der Waals surface area (Å²) in [4.78, 5) is 11.3. The maximum atomic E-state index is 11.3. The molecule has 0 aromatic carbocycles. The van der Waals surface area contributed by atoms with Gasteiger partial charge in [-0.05, 0) is 46.6 Å². The Kier molecular flexibility index (Phi) is 6.81. The molecule has 22 heavy (non-hydrogen) atoms. The first-order valence-corrected chi connectivity index (χ1v) is 11.6. The van der Waals surface area contributed by atoms with Gasteiger partial charge in [0, 0.05) is 0 Å². The number of aldehydes is 1. The Morgan fingerprint density at radius 1 is 1.36 bits per heavy atom. The summed E-state index contributed by atoms with van der Waals surface area (Å²) in [6, 6.07) is 0. The fourth-order valence-electron chi connectivity index (χ4n) is 1.96. The zero-order valence-electron chi connectivity index (χ0n) is 14.6. The van der Waals surface area contributed by atoms with E-state index in [4.69, 9.17) is 9.16 Å². The standard InChI is InChI=1S/C17H29BrO3Si/c1-7-14-8-9-17(18,15(12-14)13-19)20-10-11-21-22(5,6)16(2,3)4/h8-9,12-13,15H,7,10-11H2,1-6H3. The second-order valence-corrected chi connectivity index (χ2v) is 13.3. The molecule has 126 valence electrons.